The second-order valence-electron chi connectivity index (χ2n) is 9.35. The van der Waals surface area contributed by atoms with Crippen molar-refractivity contribution in [1.29, 1.82) is 0 Å². The number of piperazine rings is 1. The SMILES string of the molecule is CNC(=O)CCCCCCNC(=O)N1[C@H](C)CN(C(c2ccccc2)c2ccccc2)C[C@@H]1C. The van der Waals surface area contributed by atoms with Gasteiger partial charge in [0, 0.05) is 45.2 Å². The summed E-state index contributed by atoms with van der Waals surface area (Å²) < 4.78 is 0. The van der Waals surface area contributed by atoms with Crippen LogP contribution in [0, 0.1) is 0 Å². The highest BCUT2D eigenvalue weighted by Gasteiger charge is 2.36. The van der Waals surface area contributed by atoms with Gasteiger partial charge in [-0.3, -0.25) is 9.69 Å². The third kappa shape index (κ3) is 7.07. The van der Waals surface area contributed by atoms with Gasteiger partial charge < -0.3 is 15.5 Å². The molecule has 1 heterocycles. The Morgan fingerprint density at radius 3 is 1.91 bits per heavy atom. The van der Waals surface area contributed by atoms with E-state index in [4.69, 9.17) is 0 Å². The van der Waals surface area contributed by atoms with E-state index >= 15 is 0 Å². The second-order valence-corrected chi connectivity index (χ2v) is 9.35. The number of hydrogen-bond acceptors (Lipinski definition) is 3. The summed E-state index contributed by atoms with van der Waals surface area (Å²) in [6.45, 7) is 6.62. The van der Waals surface area contributed by atoms with Gasteiger partial charge in [0.2, 0.25) is 5.91 Å². The van der Waals surface area contributed by atoms with E-state index in [9.17, 15) is 9.59 Å². The molecule has 2 N–H and O–H groups in total. The van der Waals surface area contributed by atoms with Crippen LogP contribution in [0.15, 0.2) is 60.7 Å². The summed E-state index contributed by atoms with van der Waals surface area (Å²) in [4.78, 5) is 28.8. The third-order valence-corrected chi connectivity index (χ3v) is 6.66. The van der Waals surface area contributed by atoms with Gasteiger partial charge in [0.15, 0.2) is 0 Å². The van der Waals surface area contributed by atoms with Gasteiger partial charge in [0.05, 0.1) is 6.04 Å². The monoisotopic (exact) mass is 464 g/mol. The summed E-state index contributed by atoms with van der Waals surface area (Å²) >= 11 is 0. The molecule has 1 fully saturated rings. The standard InChI is InChI=1S/C28H40N4O2/c1-22-20-31(27(24-14-8-6-9-15-24)25-16-10-7-11-17-25)21-23(2)32(22)28(34)30-19-13-5-4-12-18-26(33)29-3/h6-11,14-17,22-23,27H,4-5,12-13,18-21H2,1-3H3,(H,29,33)(H,30,34)/t22-,23+. The number of carbonyl (C=O) groups is 2. The minimum Gasteiger partial charge on any atom is -0.359 e. The maximum atomic E-state index is 13.0. The number of unbranched alkanes of at least 4 members (excludes halogenated alkanes) is 3. The number of rotatable bonds is 10. The number of carbonyl (C=O) groups excluding carboxylic acids is 2. The summed E-state index contributed by atoms with van der Waals surface area (Å²) in [6.07, 6.45) is 4.44. The zero-order chi connectivity index (χ0) is 24.3. The van der Waals surface area contributed by atoms with Gasteiger partial charge in [-0.1, -0.05) is 73.5 Å². The van der Waals surface area contributed by atoms with Crippen molar-refractivity contribution in [2.45, 2.75) is 64.1 Å². The van der Waals surface area contributed by atoms with Crippen molar-refractivity contribution in [3.63, 3.8) is 0 Å². The van der Waals surface area contributed by atoms with E-state index < -0.39 is 0 Å². The zero-order valence-electron chi connectivity index (χ0n) is 20.9. The van der Waals surface area contributed by atoms with Gasteiger partial charge in [0.25, 0.3) is 0 Å². The average Bonchev–Trinajstić information content (AvgIpc) is 2.84. The first kappa shape index (κ1) is 25.8. The van der Waals surface area contributed by atoms with Crippen LogP contribution in [0.2, 0.25) is 0 Å². The van der Waals surface area contributed by atoms with Gasteiger partial charge in [-0.05, 0) is 37.8 Å². The number of nitrogens with one attached hydrogen (secondary N) is 2. The molecule has 0 spiro atoms. The van der Waals surface area contributed by atoms with E-state index in [0.717, 1.165) is 38.8 Å². The molecule has 0 aliphatic carbocycles. The van der Waals surface area contributed by atoms with Crippen molar-refractivity contribution in [3.05, 3.63) is 71.8 Å². The molecule has 3 rings (SSSR count). The van der Waals surface area contributed by atoms with Crippen LogP contribution in [0.3, 0.4) is 0 Å². The number of urea groups is 1. The Labute approximate surface area is 204 Å². The molecule has 1 aliphatic rings. The van der Waals surface area contributed by atoms with Crippen LogP contribution >= 0.6 is 0 Å². The van der Waals surface area contributed by atoms with E-state index in [-0.39, 0.29) is 30.1 Å². The molecule has 0 aromatic heterocycles. The number of nitrogens with zero attached hydrogens (tertiary/aromatic N) is 2. The van der Waals surface area contributed by atoms with Crippen molar-refractivity contribution in [3.8, 4) is 0 Å². The summed E-state index contributed by atoms with van der Waals surface area (Å²) in [5.41, 5.74) is 2.56. The molecule has 34 heavy (non-hydrogen) atoms. The van der Waals surface area contributed by atoms with Gasteiger partial charge in [-0.2, -0.15) is 0 Å². The van der Waals surface area contributed by atoms with Crippen LogP contribution in [0.1, 0.15) is 63.1 Å². The average molecular weight is 465 g/mol. The van der Waals surface area contributed by atoms with E-state index in [1.807, 2.05) is 4.90 Å². The second kappa shape index (κ2) is 13.1. The molecular formula is C28H40N4O2. The fraction of sp³-hybridized carbons (Fsp3) is 0.500. The van der Waals surface area contributed by atoms with Crippen LogP contribution in [0.25, 0.3) is 0 Å². The Kier molecular flexibility index (Phi) is 9.95. The largest absolute Gasteiger partial charge is 0.359 e. The molecule has 0 radical (unpaired) electrons. The van der Waals surface area contributed by atoms with Crippen molar-refractivity contribution in [1.82, 2.24) is 20.4 Å². The lowest BCUT2D eigenvalue weighted by Gasteiger charge is -2.47. The molecule has 3 amide bonds. The normalized spacial score (nSPS) is 18.6. The van der Waals surface area contributed by atoms with Gasteiger partial charge >= 0.3 is 6.03 Å². The minimum atomic E-state index is 0.0287. The predicted molar refractivity (Wildman–Crippen MR) is 138 cm³/mol. The van der Waals surface area contributed by atoms with E-state index in [1.54, 1.807) is 7.05 Å². The molecule has 0 bridgehead atoms. The lowest BCUT2D eigenvalue weighted by Crippen LogP contribution is -2.61. The fourth-order valence-corrected chi connectivity index (χ4v) is 5.04. The van der Waals surface area contributed by atoms with Crippen molar-refractivity contribution in [2.75, 3.05) is 26.7 Å². The number of hydrogen-bond donors (Lipinski definition) is 2. The van der Waals surface area contributed by atoms with E-state index in [1.165, 1.54) is 11.1 Å². The summed E-state index contributed by atoms with van der Waals surface area (Å²) in [6, 6.07) is 21.7. The molecule has 2 aromatic carbocycles. The smallest absolute Gasteiger partial charge is 0.317 e. The first-order valence-corrected chi connectivity index (χ1v) is 12.6. The van der Waals surface area contributed by atoms with Crippen LogP contribution < -0.4 is 10.6 Å². The Bertz CT molecular complexity index is 838. The summed E-state index contributed by atoms with van der Waals surface area (Å²) in [5, 5.41) is 5.77. The first-order valence-electron chi connectivity index (χ1n) is 12.6. The van der Waals surface area contributed by atoms with Gasteiger partial charge in [0.1, 0.15) is 0 Å². The third-order valence-electron chi connectivity index (χ3n) is 6.66. The van der Waals surface area contributed by atoms with Gasteiger partial charge in [-0.25, -0.2) is 4.79 Å². The van der Waals surface area contributed by atoms with Gasteiger partial charge in [-0.15, -0.1) is 0 Å². The van der Waals surface area contributed by atoms with Crippen LogP contribution in [-0.4, -0.2) is 60.5 Å². The highest BCUT2D eigenvalue weighted by Crippen LogP contribution is 2.32. The molecule has 0 unspecified atom stereocenters. The summed E-state index contributed by atoms with van der Waals surface area (Å²) in [7, 11) is 1.67. The predicted octanol–water partition coefficient (Wildman–Crippen LogP) is 4.58. The highest BCUT2D eigenvalue weighted by atomic mass is 16.2. The Morgan fingerprint density at radius 1 is 0.853 bits per heavy atom. The van der Waals surface area contributed by atoms with Crippen molar-refractivity contribution in [2.24, 2.45) is 0 Å². The molecule has 6 nitrogen and oxygen atoms in total. The van der Waals surface area contributed by atoms with Crippen LogP contribution in [0.5, 0.6) is 0 Å². The lowest BCUT2D eigenvalue weighted by atomic mass is 9.94. The quantitative estimate of drug-likeness (QED) is 0.506. The highest BCUT2D eigenvalue weighted by molar-refractivity contribution is 5.75. The molecule has 6 heteroatoms. The lowest BCUT2D eigenvalue weighted by molar-refractivity contribution is -0.120. The maximum Gasteiger partial charge on any atom is 0.317 e. The molecular weight excluding hydrogens is 424 g/mol. The van der Waals surface area contributed by atoms with E-state index in [0.29, 0.717) is 13.0 Å². The number of amides is 3. The molecule has 1 aliphatic heterocycles. The van der Waals surface area contributed by atoms with Crippen molar-refractivity contribution < 1.29 is 9.59 Å². The maximum absolute atomic E-state index is 13.0. The molecule has 2 aromatic rings. The van der Waals surface area contributed by atoms with Crippen LogP contribution in [-0.2, 0) is 4.79 Å². The Balaban J connectivity index is 1.54. The minimum absolute atomic E-state index is 0.0287. The van der Waals surface area contributed by atoms with Crippen LogP contribution in [0.4, 0.5) is 4.79 Å². The van der Waals surface area contributed by atoms with Crippen molar-refractivity contribution >= 4 is 11.9 Å². The molecule has 1 saturated heterocycles. The Morgan fingerprint density at radius 2 is 1.38 bits per heavy atom. The first-order chi connectivity index (χ1) is 16.5. The molecule has 2 atom stereocenters. The topological polar surface area (TPSA) is 64.7 Å². The molecule has 184 valence electrons. The Hall–Kier alpha value is -2.86. The van der Waals surface area contributed by atoms with E-state index in [2.05, 4.69) is 90.0 Å². The zero-order valence-corrected chi connectivity index (χ0v) is 20.9. The summed E-state index contributed by atoms with van der Waals surface area (Å²) in [5.74, 6) is 0.0946. The number of benzene rings is 2. The molecule has 0 saturated carbocycles. The fourth-order valence-electron chi connectivity index (χ4n) is 5.04.